The maximum absolute atomic E-state index is 6.22. The molecular formula is C16H18ClN7. The molecule has 0 radical (unpaired) electrons. The molecule has 0 saturated carbocycles. The zero-order chi connectivity index (χ0) is 16.7. The predicted molar refractivity (Wildman–Crippen MR) is 94.0 cm³/mol. The Labute approximate surface area is 144 Å². The normalized spacial score (nSPS) is 17.4. The van der Waals surface area contributed by atoms with Crippen molar-refractivity contribution in [3.8, 4) is 11.3 Å². The highest BCUT2D eigenvalue weighted by molar-refractivity contribution is 6.33. The van der Waals surface area contributed by atoms with Crippen LogP contribution >= 0.6 is 11.6 Å². The first-order chi connectivity index (χ1) is 11.5. The quantitative estimate of drug-likeness (QED) is 0.741. The summed E-state index contributed by atoms with van der Waals surface area (Å²) in [4.78, 5) is 15.4. The largest absolute Gasteiger partial charge is 0.355 e. The molecule has 8 heteroatoms. The van der Waals surface area contributed by atoms with Crippen LogP contribution in [0.4, 0.5) is 5.82 Å². The number of nitrogens with two attached hydrogens (primary N) is 1. The number of nitrogens with zero attached hydrogens (tertiary/aromatic N) is 5. The maximum Gasteiger partial charge on any atom is 0.202 e. The van der Waals surface area contributed by atoms with Gasteiger partial charge in [0, 0.05) is 36.6 Å². The molecule has 1 aliphatic rings. The van der Waals surface area contributed by atoms with Gasteiger partial charge >= 0.3 is 0 Å². The summed E-state index contributed by atoms with van der Waals surface area (Å²) in [5.41, 5.74) is 8.95. The zero-order valence-corrected chi connectivity index (χ0v) is 14.1. The Morgan fingerprint density at radius 1 is 1.29 bits per heavy atom. The lowest BCUT2D eigenvalue weighted by atomic mass is 9.91. The van der Waals surface area contributed by atoms with Crippen LogP contribution in [0.5, 0.6) is 0 Å². The van der Waals surface area contributed by atoms with Crippen molar-refractivity contribution < 1.29 is 0 Å². The van der Waals surface area contributed by atoms with Crippen LogP contribution < -0.4 is 10.6 Å². The van der Waals surface area contributed by atoms with Gasteiger partial charge in [0.05, 0.1) is 16.9 Å². The van der Waals surface area contributed by atoms with Crippen molar-refractivity contribution in [2.75, 3.05) is 18.0 Å². The Morgan fingerprint density at radius 2 is 2.08 bits per heavy atom. The SMILES string of the molecule is CC1(N)CCN(c2cnc3c(-c4ccncc4Cl)[nH]nc3n2)CC1. The van der Waals surface area contributed by atoms with Crippen molar-refractivity contribution in [2.24, 2.45) is 5.73 Å². The molecule has 0 amide bonds. The third kappa shape index (κ3) is 2.70. The van der Waals surface area contributed by atoms with E-state index < -0.39 is 0 Å². The van der Waals surface area contributed by atoms with Crippen LogP contribution in [0.1, 0.15) is 19.8 Å². The van der Waals surface area contributed by atoms with Gasteiger partial charge in [0.1, 0.15) is 11.3 Å². The van der Waals surface area contributed by atoms with Crippen LogP contribution in [0.25, 0.3) is 22.4 Å². The van der Waals surface area contributed by atoms with Crippen LogP contribution in [0.2, 0.25) is 5.02 Å². The number of fused-ring (bicyclic) bond motifs is 1. The number of rotatable bonds is 2. The summed E-state index contributed by atoms with van der Waals surface area (Å²) in [6, 6.07) is 1.83. The first-order valence-corrected chi connectivity index (χ1v) is 8.26. The highest BCUT2D eigenvalue weighted by Crippen LogP contribution is 2.30. The fourth-order valence-electron chi connectivity index (χ4n) is 2.95. The molecule has 3 aromatic rings. The lowest BCUT2D eigenvalue weighted by Crippen LogP contribution is -2.48. The van der Waals surface area contributed by atoms with Gasteiger partial charge in [0.25, 0.3) is 0 Å². The Morgan fingerprint density at radius 3 is 2.83 bits per heavy atom. The fraction of sp³-hybridized carbons (Fsp3) is 0.375. The maximum atomic E-state index is 6.22. The lowest BCUT2D eigenvalue weighted by molar-refractivity contribution is 0.363. The van der Waals surface area contributed by atoms with E-state index in [1.807, 2.05) is 6.07 Å². The molecule has 4 heterocycles. The number of nitrogens with one attached hydrogen (secondary N) is 1. The first kappa shape index (κ1) is 15.3. The summed E-state index contributed by atoms with van der Waals surface area (Å²) >= 11 is 6.22. The lowest BCUT2D eigenvalue weighted by Gasteiger charge is -2.37. The summed E-state index contributed by atoms with van der Waals surface area (Å²) in [5, 5.41) is 7.83. The summed E-state index contributed by atoms with van der Waals surface area (Å²) in [7, 11) is 0. The van der Waals surface area contributed by atoms with Gasteiger partial charge in [0.2, 0.25) is 5.65 Å². The number of aromatic nitrogens is 5. The minimum Gasteiger partial charge on any atom is -0.355 e. The second-order valence-corrected chi connectivity index (χ2v) is 6.90. The van der Waals surface area contributed by atoms with Crippen molar-refractivity contribution >= 4 is 28.6 Å². The van der Waals surface area contributed by atoms with Gasteiger partial charge in [-0.3, -0.25) is 10.1 Å². The van der Waals surface area contributed by atoms with Crippen molar-refractivity contribution in [3.05, 3.63) is 29.7 Å². The molecule has 0 bridgehead atoms. The summed E-state index contributed by atoms with van der Waals surface area (Å²) in [6.45, 7) is 3.85. The smallest absolute Gasteiger partial charge is 0.202 e. The molecule has 4 rings (SSSR count). The van der Waals surface area contributed by atoms with E-state index in [-0.39, 0.29) is 5.54 Å². The molecule has 1 fully saturated rings. The van der Waals surface area contributed by atoms with Crippen molar-refractivity contribution in [2.45, 2.75) is 25.3 Å². The van der Waals surface area contributed by atoms with E-state index in [4.69, 9.17) is 17.3 Å². The van der Waals surface area contributed by atoms with Crippen molar-refractivity contribution in [3.63, 3.8) is 0 Å². The molecule has 1 aliphatic heterocycles. The molecule has 0 atom stereocenters. The van der Waals surface area contributed by atoms with Gasteiger partial charge in [0.15, 0.2) is 0 Å². The predicted octanol–water partition coefficient (Wildman–Crippen LogP) is 2.39. The molecule has 3 aromatic heterocycles. The highest BCUT2D eigenvalue weighted by Gasteiger charge is 2.27. The Bertz CT molecular complexity index is 879. The second-order valence-electron chi connectivity index (χ2n) is 6.50. The first-order valence-electron chi connectivity index (χ1n) is 7.88. The van der Waals surface area contributed by atoms with Crippen LogP contribution in [0.3, 0.4) is 0 Å². The van der Waals surface area contributed by atoms with E-state index in [0.29, 0.717) is 16.2 Å². The summed E-state index contributed by atoms with van der Waals surface area (Å²) in [5.74, 6) is 0.830. The van der Waals surface area contributed by atoms with Crippen LogP contribution in [0, 0.1) is 0 Å². The average Bonchev–Trinajstić information content (AvgIpc) is 2.98. The average molecular weight is 344 g/mol. The van der Waals surface area contributed by atoms with E-state index in [0.717, 1.165) is 43.0 Å². The molecule has 24 heavy (non-hydrogen) atoms. The van der Waals surface area contributed by atoms with Crippen LogP contribution in [0.15, 0.2) is 24.7 Å². The van der Waals surface area contributed by atoms with Gasteiger partial charge in [-0.15, -0.1) is 0 Å². The minimum atomic E-state index is -0.0916. The Kier molecular flexibility index (Phi) is 3.62. The Hall–Kier alpha value is -2.25. The molecule has 7 nitrogen and oxygen atoms in total. The third-order valence-corrected chi connectivity index (χ3v) is 4.82. The van der Waals surface area contributed by atoms with Gasteiger partial charge in [-0.2, -0.15) is 5.10 Å². The van der Waals surface area contributed by atoms with Gasteiger partial charge in [-0.05, 0) is 25.8 Å². The van der Waals surface area contributed by atoms with E-state index in [2.05, 4.69) is 37.0 Å². The fourth-order valence-corrected chi connectivity index (χ4v) is 3.17. The summed E-state index contributed by atoms with van der Waals surface area (Å²) in [6.07, 6.45) is 6.95. The van der Waals surface area contributed by atoms with Crippen molar-refractivity contribution in [1.82, 2.24) is 25.1 Å². The van der Waals surface area contributed by atoms with E-state index in [1.165, 1.54) is 0 Å². The van der Waals surface area contributed by atoms with Crippen LogP contribution in [-0.2, 0) is 0 Å². The van der Waals surface area contributed by atoms with E-state index in [1.54, 1.807) is 18.6 Å². The van der Waals surface area contributed by atoms with E-state index >= 15 is 0 Å². The zero-order valence-electron chi connectivity index (χ0n) is 13.3. The molecule has 1 saturated heterocycles. The standard InChI is InChI=1S/C16H18ClN7/c1-16(18)3-6-24(7-4-16)12-9-20-14-13(22-23-15(14)21-12)10-2-5-19-8-11(10)17/h2,5,8-9H,3-4,6-7,18H2,1H3,(H,21,22,23). The molecule has 0 aromatic carbocycles. The van der Waals surface area contributed by atoms with Gasteiger partial charge in [-0.25, -0.2) is 9.97 Å². The number of anilines is 1. The minimum absolute atomic E-state index is 0.0916. The number of aromatic amines is 1. The Balaban J connectivity index is 1.68. The highest BCUT2D eigenvalue weighted by atomic mass is 35.5. The molecular weight excluding hydrogens is 326 g/mol. The molecule has 0 aliphatic carbocycles. The molecule has 3 N–H and O–H groups in total. The monoisotopic (exact) mass is 343 g/mol. The molecule has 0 spiro atoms. The molecule has 124 valence electrons. The third-order valence-electron chi connectivity index (χ3n) is 4.52. The van der Waals surface area contributed by atoms with E-state index in [9.17, 15) is 0 Å². The number of hydrogen-bond donors (Lipinski definition) is 2. The number of piperidine rings is 1. The summed E-state index contributed by atoms with van der Waals surface area (Å²) < 4.78 is 0. The number of halogens is 1. The number of pyridine rings is 1. The number of hydrogen-bond acceptors (Lipinski definition) is 6. The van der Waals surface area contributed by atoms with Crippen LogP contribution in [-0.4, -0.2) is 43.8 Å². The second kappa shape index (κ2) is 5.68. The van der Waals surface area contributed by atoms with Crippen molar-refractivity contribution in [1.29, 1.82) is 0 Å². The van der Waals surface area contributed by atoms with Gasteiger partial charge < -0.3 is 10.6 Å². The van der Waals surface area contributed by atoms with Gasteiger partial charge in [-0.1, -0.05) is 11.6 Å². The number of H-pyrrole nitrogens is 1. The molecule has 0 unspecified atom stereocenters. The topological polar surface area (TPSA) is 96.6 Å².